The zero-order valence-electron chi connectivity index (χ0n) is 12.6. The first-order chi connectivity index (χ1) is 9.45. The van der Waals surface area contributed by atoms with Gasteiger partial charge in [0.2, 0.25) is 10.0 Å². The molecule has 0 saturated heterocycles. The molecule has 0 amide bonds. The molecule has 0 saturated carbocycles. The molecule has 0 fully saturated rings. The molecule has 0 atom stereocenters. The summed E-state index contributed by atoms with van der Waals surface area (Å²) in [5.74, 6) is 0.679. The summed E-state index contributed by atoms with van der Waals surface area (Å²) in [7, 11) is -1.42. The van der Waals surface area contributed by atoms with Gasteiger partial charge in [-0.1, -0.05) is 26.7 Å². The van der Waals surface area contributed by atoms with Crippen molar-refractivity contribution in [3.8, 4) is 0 Å². The molecule has 0 spiro atoms. The van der Waals surface area contributed by atoms with Crippen molar-refractivity contribution in [3.05, 3.63) is 17.0 Å². The standard InChI is InChI=1S/C14H26N2O2S2/c1-12(2)6-4-5-10-16-20(17,18)14-8-7-13(19-14)9-11-15-3/h7-8,12,15-16H,4-6,9-11H2,1-3H3. The van der Waals surface area contributed by atoms with Gasteiger partial charge in [-0.05, 0) is 44.5 Å². The van der Waals surface area contributed by atoms with Crippen molar-refractivity contribution in [1.82, 2.24) is 10.0 Å². The zero-order chi connectivity index (χ0) is 15.0. The maximum Gasteiger partial charge on any atom is 0.250 e. The maximum atomic E-state index is 12.1. The Morgan fingerprint density at radius 2 is 1.95 bits per heavy atom. The van der Waals surface area contributed by atoms with E-state index in [2.05, 4.69) is 23.9 Å². The van der Waals surface area contributed by atoms with E-state index < -0.39 is 10.0 Å². The van der Waals surface area contributed by atoms with Gasteiger partial charge in [-0.2, -0.15) is 0 Å². The molecule has 116 valence electrons. The number of likely N-dealkylation sites (N-methyl/N-ethyl adjacent to an activating group) is 1. The number of nitrogens with one attached hydrogen (secondary N) is 2. The molecule has 1 aromatic heterocycles. The van der Waals surface area contributed by atoms with Crippen molar-refractivity contribution in [1.29, 1.82) is 0 Å². The summed E-state index contributed by atoms with van der Waals surface area (Å²) in [5.41, 5.74) is 0. The molecule has 2 N–H and O–H groups in total. The van der Waals surface area contributed by atoms with Gasteiger partial charge in [0.1, 0.15) is 4.21 Å². The van der Waals surface area contributed by atoms with Crippen LogP contribution >= 0.6 is 11.3 Å². The summed E-state index contributed by atoms with van der Waals surface area (Å²) in [6, 6.07) is 3.60. The first-order valence-electron chi connectivity index (χ1n) is 7.18. The predicted octanol–water partition coefficient (Wildman–Crippen LogP) is 2.61. The highest BCUT2D eigenvalue weighted by Crippen LogP contribution is 2.21. The molecule has 0 radical (unpaired) electrons. The van der Waals surface area contributed by atoms with E-state index in [-0.39, 0.29) is 0 Å². The highest BCUT2D eigenvalue weighted by molar-refractivity contribution is 7.91. The first-order valence-corrected chi connectivity index (χ1v) is 9.48. The largest absolute Gasteiger partial charge is 0.319 e. The molecule has 0 aliphatic heterocycles. The minimum Gasteiger partial charge on any atom is -0.319 e. The van der Waals surface area contributed by atoms with Crippen LogP contribution in [0.2, 0.25) is 0 Å². The molecule has 6 heteroatoms. The molecule has 20 heavy (non-hydrogen) atoms. The average Bonchev–Trinajstić information content (AvgIpc) is 2.85. The predicted molar refractivity (Wildman–Crippen MR) is 85.8 cm³/mol. The molecular formula is C14H26N2O2S2. The van der Waals surface area contributed by atoms with Crippen LogP contribution in [0.15, 0.2) is 16.3 Å². The van der Waals surface area contributed by atoms with Gasteiger partial charge in [-0.25, -0.2) is 13.1 Å². The van der Waals surface area contributed by atoms with Crippen molar-refractivity contribution < 1.29 is 8.42 Å². The normalized spacial score (nSPS) is 12.2. The van der Waals surface area contributed by atoms with Gasteiger partial charge in [0, 0.05) is 11.4 Å². The monoisotopic (exact) mass is 318 g/mol. The summed E-state index contributed by atoms with van der Waals surface area (Å²) < 4.78 is 27.3. The average molecular weight is 319 g/mol. The van der Waals surface area contributed by atoms with Crippen LogP contribution in [0.25, 0.3) is 0 Å². The highest BCUT2D eigenvalue weighted by atomic mass is 32.2. The fourth-order valence-electron chi connectivity index (χ4n) is 1.84. The lowest BCUT2D eigenvalue weighted by Gasteiger charge is -2.06. The Morgan fingerprint density at radius 3 is 2.60 bits per heavy atom. The fraction of sp³-hybridized carbons (Fsp3) is 0.714. The zero-order valence-corrected chi connectivity index (χ0v) is 14.2. The van der Waals surface area contributed by atoms with Crippen molar-refractivity contribution >= 4 is 21.4 Å². The third-order valence-electron chi connectivity index (χ3n) is 3.02. The third kappa shape index (κ3) is 6.35. The second-order valence-corrected chi connectivity index (χ2v) is 8.52. The van der Waals surface area contributed by atoms with Gasteiger partial charge in [0.25, 0.3) is 0 Å². The molecule has 1 aromatic rings. The van der Waals surface area contributed by atoms with Gasteiger partial charge < -0.3 is 5.32 Å². The number of rotatable bonds is 10. The topological polar surface area (TPSA) is 58.2 Å². The van der Waals surface area contributed by atoms with Gasteiger partial charge in [-0.15, -0.1) is 11.3 Å². The SMILES string of the molecule is CNCCc1ccc(S(=O)(=O)NCCCCC(C)C)s1. The van der Waals surface area contributed by atoms with Crippen LogP contribution in [-0.4, -0.2) is 28.6 Å². The number of sulfonamides is 1. The quantitative estimate of drug-likeness (QED) is 0.652. The Morgan fingerprint density at radius 1 is 1.20 bits per heavy atom. The van der Waals surface area contributed by atoms with Gasteiger partial charge >= 0.3 is 0 Å². The van der Waals surface area contributed by atoms with E-state index in [1.807, 2.05) is 13.1 Å². The van der Waals surface area contributed by atoms with Gasteiger partial charge in [-0.3, -0.25) is 0 Å². The molecule has 1 rings (SSSR count). The Labute approximate surface area is 127 Å². The number of hydrogen-bond acceptors (Lipinski definition) is 4. The van der Waals surface area contributed by atoms with E-state index in [1.54, 1.807) is 6.07 Å². The Balaban J connectivity index is 2.41. The van der Waals surface area contributed by atoms with Crippen molar-refractivity contribution in [2.45, 2.75) is 43.7 Å². The number of thiophene rings is 1. The van der Waals surface area contributed by atoms with Crippen molar-refractivity contribution in [2.75, 3.05) is 20.1 Å². The van der Waals surface area contributed by atoms with Crippen LogP contribution in [0.3, 0.4) is 0 Å². The molecule has 0 aliphatic carbocycles. The van der Waals surface area contributed by atoms with Crippen molar-refractivity contribution in [2.24, 2.45) is 5.92 Å². The smallest absolute Gasteiger partial charge is 0.250 e. The molecule has 0 unspecified atom stereocenters. The molecule has 0 bridgehead atoms. The highest BCUT2D eigenvalue weighted by Gasteiger charge is 2.15. The number of hydrogen-bond donors (Lipinski definition) is 2. The van der Waals surface area contributed by atoms with E-state index in [1.165, 1.54) is 11.3 Å². The summed E-state index contributed by atoms with van der Waals surface area (Å²) in [4.78, 5) is 1.10. The number of unbranched alkanes of at least 4 members (excludes halogenated alkanes) is 1. The van der Waals surface area contributed by atoms with Crippen LogP contribution in [0.4, 0.5) is 0 Å². The van der Waals surface area contributed by atoms with Crippen molar-refractivity contribution in [3.63, 3.8) is 0 Å². The summed E-state index contributed by atoms with van der Waals surface area (Å²) in [5, 5.41) is 3.06. The van der Waals surface area contributed by atoms with Gasteiger partial charge in [0.15, 0.2) is 0 Å². The Kier molecular flexibility index (Phi) is 7.72. The van der Waals surface area contributed by atoms with Crippen LogP contribution in [0.5, 0.6) is 0 Å². The lowest BCUT2D eigenvalue weighted by molar-refractivity contribution is 0.531. The van der Waals surface area contributed by atoms with E-state index in [0.717, 1.165) is 37.1 Å². The van der Waals surface area contributed by atoms with Crippen LogP contribution in [-0.2, 0) is 16.4 Å². The Hall–Kier alpha value is -0.430. The van der Waals surface area contributed by atoms with E-state index in [0.29, 0.717) is 16.7 Å². The van der Waals surface area contributed by atoms with E-state index in [4.69, 9.17) is 0 Å². The Bertz CT molecular complexity index is 481. The fourth-order valence-corrected chi connectivity index (χ4v) is 4.31. The summed E-state index contributed by atoms with van der Waals surface area (Å²) in [6.45, 7) is 5.76. The summed E-state index contributed by atoms with van der Waals surface area (Å²) in [6.07, 6.45) is 3.98. The van der Waals surface area contributed by atoms with E-state index >= 15 is 0 Å². The molecule has 1 heterocycles. The minimum absolute atomic E-state index is 0.424. The maximum absolute atomic E-state index is 12.1. The third-order valence-corrected chi connectivity index (χ3v) is 6.12. The first kappa shape index (κ1) is 17.6. The second kappa shape index (κ2) is 8.77. The van der Waals surface area contributed by atoms with Crippen LogP contribution in [0, 0.1) is 5.92 Å². The molecule has 4 nitrogen and oxygen atoms in total. The minimum atomic E-state index is -3.32. The molecule has 0 aliphatic rings. The molecular weight excluding hydrogens is 292 g/mol. The van der Waals surface area contributed by atoms with Crippen LogP contribution < -0.4 is 10.0 Å². The van der Waals surface area contributed by atoms with Gasteiger partial charge in [0.05, 0.1) is 0 Å². The lowest BCUT2D eigenvalue weighted by atomic mass is 10.1. The van der Waals surface area contributed by atoms with E-state index in [9.17, 15) is 8.42 Å². The second-order valence-electron chi connectivity index (χ2n) is 5.36. The summed E-state index contributed by atoms with van der Waals surface area (Å²) >= 11 is 1.36. The van der Waals surface area contributed by atoms with Crippen LogP contribution in [0.1, 0.15) is 38.0 Å². The lowest BCUT2D eigenvalue weighted by Crippen LogP contribution is -2.24. The molecule has 0 aromatic carbocycles.